The fourth-order valence-electron chi connectivity index (χ4n) is 2.75. The van der Waals surface area contributed by atoms with E-state index in [1.165, 1.54) is 10.9 Å². The minimum atomic E-state index is -0.115. The summed E-state index contributed by atoms with van der Waals surface area (Å²) in [7, 11) is 0. The summed E-state index contributed by atoms with van der Waals surface area (Å²) in [6.07, 6.45) is 3.16. The number of oxazole rings is 1. The van der Waals surface area contributed by atoms with E-state index in [-0.39, 0.29) is 12.1 Å². The van der Waals surface area contributed by atoms with Crippen LogP contribution in [0.1, 0.15) is 11.5 Å². The Morgan fingerprint density at radius 2 is 2.00 bits per heavy atom. The first-order chi connectivity index (χ1) is 12.1. The standard InChI is InChI=1S/C19H14ClN3O2/c1-12-4-2-7-15-18(12)22-11-23(19(15)24)10-17-21-9-16(25-17)13-5-3-6-14(20)8-13/h2-9,11H,10H2,1H3. The highest BCUT2D eigenvalue weighted by atomic mass is 35.5. The number of nitrogens with zero attached hydrogens (tertiary/aromatic N) is 3. The molecular formula is C19H14ClN3O2. The lowest BCUT2D eigenvalue weighted by molar-refractivity contribution is 0.484. The molecule has 2 aromatic heterocycles. The van der Waals surface area contributed by atoms with Crippen molar-refractivity contribution in [2.24, 2.45) is 0 Å². The monoisotopic (exact) mass is 351 g/mol. The summed E-state index contributed by atoms with van der Waals surface area (Å²) in [6, 6.07) is 12.9. The van der Waals surface area contributed by atoms with Crippen LogP contribution in [0.4, 0.5) is 0 Å². The Labute approximate surface area is 148 Å². The van der Waals surface area contributed by atoms with Gasteiger partial charge in [-0.05, 0) is 30.7 Å². The maximum Gasteiger partial charge on any atom is 0.261 e. The second-order valence-corrected chi connectivity index (χ2v) is 6.21. The second-order valence-electron chi connectivity index (χ2n) is 5.78. The average molecular weight is 352 g/mol. The smallest absolute Gasteiger partial charge is 0.261 e. The summed E-state index contributed by atoms with van der Waals surface area (Å²) in [5.41, 5.74) is 2.42. The van der Waals surface area contributed by atoms with E-state index in [1.54, 1.807) is 24.4 Å². The molecule has 6 heteroatoms. The van der Waals surface area contributed by atoms with E-state index in [2.05, 4.69) is 9.97 Å². The minimum absolute atomic E-state index is 0.115. The normalized spacial score (nSPS) is 11.1. The summed E-state index contributed by atoms with van der Waals surface area (Å²) in [4.78, 5) is 21.3. The van der Waals surface area contributed by atoms with Gasteiger partial charge in [-0.3, -0.25) is 9.36 Å². The summed E-state index contributed by atoms with van der Waals surface area (Å²) in [5, 5.41) is 1.21. The maximum atomic E-state index is 12.6. The molecule has 0 aliphatic rings. The van der Waals surface area contributed by atoms with Crippen molar-refractivity contribution in [3.05, 3.63) is 81.8 Å². The van der Waals surface area contributed by atoms with E-state index in [1.807, 2.05) is 31.2 Å². The topological polar surface area (TPSA) is 60.9 Å². The highest BCUT2D eigenvalue weighted by Crippen LogP contribution is 2.23. The Balaban J connectivity index is 1.68. The summed E-state index contributed by atoms with van der Waals surface area (Å²) < 4.78 is 7.26. The predicted molar refractivity (Wildman–Crippen MR) is 96.8 cm³/mol. The van der Waals surface area contributed by atoms with Crippen LogP contribution in [0.25, 0.3) is 22.2 Å². The van der Waals surface area contributed by atoms with Crippen molar-refractivity contribution in [1.29, 1.82) is 0 Å². The minimum Gasteiger partial charge on any atom is -0.439 e. The van der Waals surface area contributed by atoms with E-state index in [4.69, 9.17) is 16.0 Å². The lowest BCUT2D eigenvalue weighted by Gasteiger charge is -2.05. The molecule has 0 fully saturated rings. The van der Waals surface area contributed by atoms with Gasteiger partial charge in [-0.1, -0.05) is 35.9 Å². The highest BCUT2D eigenvalue weighted by Gasteiger charge is 2.10. The first-order valence-electron chi connectivity index (χ1n) is 7.77. The number of halogens is 1. The molecule has 0 bridgehead atoms. The molecule has 0 atom stereocenters. The molecule has 0 spiro atoms. The van der Waals surface area contributed by atoms with Crippen LogP contribution in [-0.4, -0.2) is 14.5 Å². The van der Waals surface area contributed by atoms with E-state index in [9.17, 15) is 4.79 Å². The molecular weight excluding hydrogens is 338 g/mol. The van der Waals surface area contributed by atoms with Crippen LogP contribution in [0, 0.1) is 6.92 Å². The summed E-state index contributed by atoms with van der Waals surface area (Å²) >= 11 is 6.00. The lowest BCUT2D eigenvalue weighted by atomic mass is 10.1. The summed E-state index contributed by atoms with van der Waals surface area (Å²) in [5.74, 6) is 1.04. The molecule has 0 unspecified atom stereocenters. The van der Waals surface area contributed by atoms with Gasteiger partial charge in [0.05, 0.1) is 23.4 Å². The van der Waals surface area contributed by atoms with Gasteiger partial charge in [0.1, 0.15) is 6.54 Å². The van der Waals surface area contributed by atoms with Crippen molar-refractivity contribution in [3.63, 3.8) is 0 Å². The molecule has 0 N–H and O–H groups in total. The number of aryl methyl sites for hydroxylation is 1. The van der Waals surface area contributed by atoms with Crippen molar-refractivity contribution in [2.45, 2.75) is 13.5 Å². The number of hydrogen-bond donors (Lipinski definition) is 0. The molecule has 2 aromatic carbocycles. The molecule has 0 amide bonds. The molecule has 4 aromatic rings. The van der Waals surface area contributed by atoms with E-state index >= 15 is 0 Å². The van der Waals surface area contributed by atoms with Gasteiger partial charge in [0.15, 0.2) is 5.76 Å². The van der Waals surface area contributed by atoms with Crippen LogP contribution in [0.2, 0.25) is 5.02 Å². The number of aromatic nitrogens is 3. The van der Waals surface area contributed by atoms with Crippen LogP contribution in [0.15, 0.2) is 64.2 Å². The third-order valence-corrected chi connectivity index (χ3v) is 4.26. The Bertz CT molecular complexity index is 1130. The fourth-order valence-corrected chi connectivity index (χ4v) is 2.94. The first kappa shape index (κ1) is 15.6. The van der Waals surface area contributed by atoms with E-state index in [0.29, 0.717) is 22.1 Å². The van der Waals surface area contributed by atoms with Gasteiger partial charge in [0.2, 0.25) is 5.89 Å². The van der Waals surface area contributed by atoms with E-state index in [0.717, 1.165) is 16.6 Å². The molecule has 5 nitrogen and oxygen atoms in total. The molecule has 0 saturated carbocycles. The molecule has 0 radical (unpaired) electrons. The molecule has 4 rings (SSSR count). The van der Waals surface area contributed by atoms with Crippen molar-refractivity contribution >= 4 is 22.5 Å². The van der Waals surface area contributed by atoms with Crippen LogP contribution in [0.3, 0.4) is 0 Å². The average Bonchev–Trinajstić information content (AvgIpc) is 3.07. The van der Waals surface area contributed by atoms with Gasteiger partial charge in [0, 0.05) is 10.6 Å². The van der Waals surface area contributed by atoms with Crippen LogP contribution in [0.5, 0.6) is 0 Å². The molecule has 124 valence electrons. The molecule has 0 aliphatic heterocycles. The Hall–Kier alpha value is -2.92. The van der Waals surface area contributed by atoms with Gasteiger partial charge >= 0.3 is 0 Å². The molecule has 25 heavy (non-hydrogen) atoms. The van der Waals surface area contributed by atoms with E-state index < -0.39 is 0 Å². The van der Waals surface area contributed by atoms with Crippen molar-refractivity contribution in [3.8, 4) is 11.3 Å². The van der Waals surface area contributed by atoms with Gasteiger partial charge in [0.25, 0.3) is 5.56 Å². The maximum absolute atomic E-state index is 12.6. The van der Waals surface area contributed by atoms with Crippen molar-refractivity contribution in [1.82, 2.24) is 14.5 Å². The van der Waals surface area contributed by atoms with Gasteiger partial charge in [-0.15, -0.1) is 0 Å². The highest BCUT2D eigenvalue weighted by molar-refractivity contribution is 6.30. The zero-order chi connectivity index (χ0) is 17.4. The largest absolute Gasteiger partial charge is 0.439 e. The Morgan fingerprint density at radius 3 is 2.84 bits per heavy atom. The number of rotatable bonds is 3. The third kappa shape index (κ3) is 2.94. The molecule has 2 heterocycles. The number of benzene rings is 2. The van der Waals surface area contributed by atoms with Gasteiger partial charge in [-0.2, -0.15) is 0 Å². The predicted octanol–water partition coefficient (Wildman–Crippen LogP) is 4.06. The Kier molecular flexibility index (Phi) is 3.86. The van der Waals surface area contributed by atoms with Gasteiger partial charge in [-0.25, -0.2) is 9.97 Å². The van der Waals surface area contributed by atoms with Gasteiger partial charge < -0.3 is 4.42 Å². The number of fused-ring (bicyclic) bond motifs is 1. The van der Waals surface area contributed by atoms with Crippen LogP contribution < -0.4 is 5.56 Å². The first-order valence-corrected chi connectivity index (χ1v) is 8.15. The second kappa shape index (κ2) is 6.18. The van der Waals surface area contributed by atoms with Crippen LogP contribution in [-0.2, 0) is 6.54 Å². The number of hydrogen-bond acceptors (Lipinski definition) is 4. The lowest BCUT2D eigenvalue weighted by Crippen LogP contribution is -2.21. The van der Waals surface area contributed by atoms with Crippen molar-refractivity contribution in [2.75, 3.05) is 0 Å². The van der Waals surface area contributed by atoms with Crippen LogP contribution >= 0.6 is 11.6 Å². The SMILES string of the molecule is Cc1cccc2c(=O)n(Cc3ncc(-c4cccc(Cl)c4)o3)cnc12. The molecule has 0 saturated heterocycles. The Morgan fingerprint density at radius 1 is 1.16 bits per heavy atom. The summed E-state index contributed by atoms with van der Waals surface area (Å²) in [6.45, 7) is 2.15. The quantitative estimate of drug-likeness (QED) is 0.558. The van der Waals surface area contributed by atoms with Crippen molar-refractivity contribution < 1.29 is 4.42 Å². The number of para-hydroxylation sites is 1. The zero-order valence-electron chi connectivity index (χ0n) is 13.4. The fraction of sp³-hybridized carbons (Fsp3) is 0.105. The zero-order valence-corrected chi connectivity index (χ0v) is 14.2. The molecule has 0 aliphatic carbocycles. The third-order valence-electron chi connectivity index (χ3n) is 4.02.